The lowest BCUT2D eigenvalue weighted by atomic mass is 9.89. The third kappa shape index (κ3) is 3.88. The van der Waals surface area contributed by atoms with Crippen LogP contribution in [0.4, 0.5) is 0 Å². The molecule has 4 rings (SSSR count). The number of hydrogen-bond acceptors (Lipinski definition) is 4. The van der Waals surface area contributed by atoms with E-state index in [0.717, 1.165) is 45.7 Å². The highest BCUT2D eigenvalue weighted by molar-refractivity contribution is 5.89. The molecule has 0 aliphatic carbocycles. The molecule has 0 aliphatic rings. The van der Waals surface area contributed by atoms with Gasteiger partial charge in [-0.25, -0.2) is 9.50 Å². The Morgan fingerprint density at radius 3 is 2.47 bits per heavy atom. The zero-order valence-electron chi connectivity index (χ0n) is 19.8. The molecule has 0 saturated carbocycles. The quantitative estimate of drug-likeness (QED) is 0.354. The number of hydrogen-bond donors (Lipinski definition) is 0. The van der Waals surface area contributed by atoms with E-state index in [-0.39, 0.29) is 11.4 Å². The smallest absolute Gasteiger partial charge is 0.313 e. The Balaban J connectivity index is 2.09. The van der Waals surface area contributed by atoms with Crippen molar-refractivity contribution in [3.63, 3.8) is 0 Å². The fourth-order valence-electron chi connectivity index (χ4n) is 4.34. The van der Waals surface area contributed by atoms with E-state index in [2.05, 4.69) is 58.0 Å². The molecule has 0 aliphatic heterocycles. The van der Waals surface area contributed by atoms with Gasteiger partial charge in [-0.15, -0.1) is 0 Å². The maximum Gasteiger partial charge on any atom is 0.313 e. The van der Waals surface area contributed by atoms with Crippen molar-refractivity contribution >= 4 is 22.4 Å². The number of benzene rings is 2. The van der Waals surface area contributed by atoms with Gasteiger partial charge in [-0.2, -0.15) is 5.10 Å². The molecular weight excluding hydrogens is 398 g/mol. The Kier molecular flexibility index (Phi) is 5.76. The number of fused-ring (bicyclic) bond motifs is 2. The van der Waals surface area contributed by atoms with Gasteiger partial charge in [0.25, 0.3) is 0 Å². The molecule has 5 heteroatoms. The number of aromatic nitrogens is 3. The molecular formula is C27H31N3O2. The number of carbonyl (C=O) groups excluding carboxylic acids is 1. The van der Waals surface area contributed by atoms with Gasteiger partial charge in [-0.05, 0) is 30.2 Å². The molecule has 2 aromatic carbocycles. The number of ether oxygens (including phenoxy) is 1. The van der Waals surface area contributed by atoms with Gasteiger partial charge in [0.2, 0.25) is 0 Å². The highest BCUT2D eigenvalue weighted by Crippen LogP contribution is 2.37. The lowest BCUT2D eigenvalue weighted by molar-refractivity contribution is -0.142. The number of esters is 1. The molecule has 32 heavy (non-hydrogen) atoms. The standard InChI is InChI=1S/C27H31N3O2/c1-7-10-21(26(31)32-6)24-17(2)28-23-16-22(27(3,4)5)29-30(23)25(24)20-14-13-18-11-8-9-12-19(18)15-20/h8-9,11-16,21H,7,10H2,1-6H3. The Bertz CT molecular complexity index is 1300. The average Bonchev–Trinajstić information content (AvgIpc) is 3.20. The van der Waals surface area contributed by atoms with Gasteiger partial charge < -0.3 is 4.74 Å². The molecule has 1 atom stereocenters. The topological polar surface area (TPSA) is 56.5 Å². The lowest BCUT2D eigenvalue weighted by Gasteiger charge is -2.21. The van der Waals surface area contributed by atoms with E-state index in [4.69, 9.17) is 14.8 Å². The molecule has 0 saturated heterocycles. The van der Waals surface area contributed by atoms with Crippen molar-refractivity contribution in [1.29, 1.82) is 0 Å². The number of methoxy groups -OCH3 is 1. The van der Waals surface area contributed by atoms with Crippen LogP contribution in [0.15, 0.2) is 48.5 Å². The minimum Gasteiger partial charge on any atom is -0.469 e. The maximum absolute atomic E-state index is 12.9. The molecule has 0 amide bonds. The van der Waals surface area contributed by atoms with Crippen LogP contribution in [0.3, 0.4) is 0 Å². The second-order valence-corrected chi connectivity index (χ2v) is 9.44. The van der Waals surface area contributed by atoms with Crippen LogP contribution in [0.1, 0.15) is 63.4 Å². The van der Waals surface area contributed by atoms with Crippen LogP contribution in [-0.2, 0) is 14.9 Å². The zero-order chi connectivity index (χ0) is 23.0. The molecule has 0 bridgehead atoms. The molecule has 0 radical (unpaired) electrons. The van der Waals surface area contributed by atoms with Crippen LogP contribution >= 0.6 is 0 Å². The highest BCUT2D eigenvalue weighted by Gasteiger charge is 2.30. The van der Waals surface area contributed by atoms with Gasteiger partial charge in [0.1, 0.15) is 0 Å². The van der Waals surface area contributed by atoms with Crippen molar-refractivity contribution in [3.8, 4) is 11.3 Å². The minimum absolute atomic E-state index is 0.117. The number of rotatable bonds is 5. The summed E-state index contributed by atoms with van der Waals surface area (Å²) < 4.78 is 7.13. The average molecular weight is 430 g/mol. The molecule has 0 fully saturated rings. The van der Waals surface area contributed by atoms with Crippen LogP contribution < -0.4 is 0 Å². The normalized spacial score (nSPS) is 12.9. The predicted molar refractivity (Wildman–Crippen MR) is 129 cm³/mol. The van der Waals surface area contributed by atoms with Crippen LogP contribution in [-0.4, -0.2) is 27.7 Å². The summed E-state index contributed by atoms with van der Waals surface area (Å²) in [6.07, 6.45) is 1.55. The lowest BCUT2D eigenvalue weighted by Crippen LogP contribution is -2.19. The van der Waals surface area contributed by atoms with E-state index in [1.54, 1.807) is 0 Å². The second-order valence-electron chi connectivity index (χ2n) is 9.44. The Labute approximate surface area is 189 Å². The Morgan fingerprint density at radius 2 is 1.81 bits per heavy atom. The van der Waals surface area contributed by atoms with Gasteiger partial charge in [-0.1, -0.05) is 70.5 Å². The van der Waals surface area contributed by atoms with Gasteiger partial charge in [0.15, 0.2) is 5.65 Å². The first kappa shape index (κ1) is 22.0. The minimum atomic E-state index is -0.398. The number of nitrogens with zero attached hydrogens (tertiary/aromatic N) is 3. The molecule has 4 aromatic rings. The van der Waals surface area contributed by atoms with Crippen LogP contribution in [0, 0.1) is 6.92 Å². The molecule has 5 nitrogen and oxygen atoms in total. The zero-order valence-corrected chi connectivity index (χ0v) is 19.8. The third-order valence-corrected chi connectivity index (χ3v) is 6.03. The first-order valence-corrected chi connectivity index (χ1v) is 11.2. The van der Waals surface area contributed by atoms with Crippen molar-refractivity contribution in [2.24, 2.45) is 0 Å². The van der Waals surface area contributed by atoms with Gasteiger partial charge in [0.05, 0.1) is 24.4 Å². The van der Waals surface area contributed by atoms with E-state index in [0.29, 0.717) is 6.42 Å². The maximum atomic E-state index is 12.9. The SMILES string of the molecule is CCCC(C(=O)OC)c1c(C)nc2cc(C(C)(C)C)nn2c1-c1ccc2ccccc2c1. The van der Waals surface area contributed by atoms with Crippen molar-refractivity contribution in [1.82, 2.24) is 14.6 Å². The van der Waals surface area contributed by atoms with Crippen LogP contribution in [0.2, 0.25) is 0 Å². The predicted octanol–water partition coefficient (Wildman–Crippen LogP) is 6.21. The molecule has 1 unspecified atom stereocenters. The summed E-state index contributed by atoms with van der Waals surface area (Å²) in [5.74, 6) is -0.632. The first-order valence-electron chi connectivity index (χ1n) is 11.2. The summed E-state index contributed by atoms with van der Waals surface area (Å²) >= 11 is 0. The van der Waals surface area contributed by atoms with Crippen molar-refractivity contribution in [3.05, 3.63) is 65.5 Å². The van der Waals surface area contributed by atoms with E-state index in [1.807, 2.05) is 29.6 Å². The summed E-state index contributed by atoms with van der Waals surface area (Å²) in [4.78, 5) is 17.7. The van der Waals surface area contributed by atoms with Crippen LogP contribution in [0.5, 0.6) is 0 Å². The Morgan fingerprint density at radius 1 is 1.09 bits per heavy atom. The van der Waals surface area contributed by atoms with Crippen molar-refractivity contribution in [2.45, 2.75) is 58.8 Å². The molecule has 0 spiro atoms. The van der Waals surface area contributed by atoms with Gasteiger partial charge >= 0.3 is 5.97 Å². The Hall–Kier alpha value is -3.21. The van der Waals surface area contributed by atoms with Crippen LogP contribution in [0.25, 0.3) is 27.7 Å². The summed E-state index contributed by atoms with van der Waals surface area (Å²) in [5.41, 5.74) is 5.30. The van der Waals surface area contributed by atoms with E-state index in [1.165, 1.54) is 12.5 Å². The summed E-state index contributed by atoms with van der Waals surface area (Å²) in [7, 11) is 1.45. The van der Waals surface area contributed by atoms with Gasteiger partial charge in [0, 0.05) is 28.3 Å². The van der Waals surface area contributed by atoms with Crippen molar-refractivity contribution < 1.29 is 9.53 Å². The van der Waals surface area contributed by atoms with E-state index in [9.17, 15) is 4.79 Å². The van der Waals surface area contributed by atoms with Crippen molar-refractivity contribution in [2.75, 3.05) is 7.11 Å². The second kappa shape index (κ2) is 8.38. The van der Waals surface area contributed by atoms with Gasteiger partial charge in [-0.3, -0.25) is 4.79 Å². The first-order chi connectivity index (χ1) is 15.2. The molecule has 2 aromatic heterocycles. The van der Waals surface area contributed by atoms with E-state index < -0.39 is 5.92 Å². The highest BCUT2D eigenvalue weighted by atomic mass is 16.5. The molecule has 166 valence electrons. The van der Waals surface area contributed by atoms with E-state index >= 15 is 0 Å². The fourth-order valence-corrected chi connectivity index (χ4v) is 4.34. The number of aryl methyl sites for hydroxylation is 1. The summed E-state index contributed by atoms with van der Waals surface area (Å²) in [5, 5.41) is 7.29. The molecule has 2 heterocycles. The summed E-state index contributed by atoms with van der Waals surface area (Å²) in [6.45, 7) is 10.5. The fraction of sp³-hybridized carbons (Fsp3) is 0.370. The largest absolute Gasteiger partial charge is 0.469 e. The number of carbonyl (C=O) groups is 1. The monoisotopic (exact) mass is 429 g/mol. The molecule has 0 N–H and O–H groups in total. The third-order valence-electron chi connectivity index (χ3n) is 6.03. The summed E-state index contributed by atoms with van der Waals surface area (Å²) in [6, 6.07) is 16.8.